The van der Waals surface area contributed by atoms with E-state index in [0.29, 0.717) is 30.6 Å². The molecule has 6 nitrogen and oxygen atoms in total. The van der Waals surface area contributed by atoms with E-state index in [1.165, 1.54) is 5.56 Å². The summed E-state index contributed by atoms with van der Waals surface area (Å²) < 4.78 is 5.47. The molecule has 1 aliphatic carbocycles. The molecule has 24 heavy (non-hydrogen) atoms. The number of hydrogen-bond donors (Lipinski definition) is 1. The first-order chi connectivity index (χ1) is 11.7. The zero-order valence-corrected chi connectivity index (χ0v) is 13.7. The number of amides is 1. The predicted octanol–water partition coefficient (Wildman–Crippen LogP) is 1.61. The van der Waals surface area contributed by atoms with E-state index in [1.54, 1.807) is 13.2 Å². The quantitative estimate of drug-likeness (QED) is 0.911. The van der Waals surface area contributed by atoms with E-state index in [1.807, 2.05) is 25.1 Å². The molecule has 1 aromatic heterocycles. The maximum Gasteiger partial charge on any atom is 0.316 e. The van der Waals surface area contributed by atoms with Crippen molar-refractivity contribution in [1.82, 2.24) is 15.3 Å². The molecule has 122 valence electrons. The van der Waals surface area contributed by atoms with Gasteiger partial charge in [0.15, 0.2) is 0 Å². The SMILES string of the molecule is CCOc1ncc2c(n1)C1(CCc3ccccc31)C(=O)NC2=NC. The van der Waals surface area contributed by atoms with Gasteiger partial charge in [-0.1, -0.05) is 24.3 Å². The van der Waals surface area contributed by atoms with Crippen molar-refractivity contribution in [3.05, 3.63) is 52.8 Å². The molecule has 0 radical (unpaired) electrons. The minimum Gasteiger partial charge on any atom is -0.464 e. The molecule has 1 amide bonds. The normalized spacial score (nSPS) is 23.1. The van der Waals surface area contributed by atoms with Crippen LogP contribution in [-0.2, 0) is 16.6 Å². The van der Waals surface area contributed by atoms with E-state index < -0.39 is 5.41 Å². The fraction of sp³-hybridized carbons (Fsp3) is 0.333. The second kappa shape index (κ2) is 5.40. The van der Waals surface area contributed by atoms with Gasteiger partial charge in [0.25, 0.3) is 0 Å². The van der Waals surface area contributed by atoms with Crippen LogP contribution in [0.3, 0.4) is 0 Å². The Morgan fingerprint density at radius 2 is 2.21 bits per heavy atom. The van der Waals surface area contributed by atoms with Crippen molar-refractivity contribution in [2.24, 2.45) is 4.99 Å². The largest absolute Gasteiger partial charge is 0.464 e. The van der Waals surface area contributed by atoms with Crippen LogP contribution in [0.5, 0.6) is 6.01 Å². The first kappa shape index (κ1) is 14.8. The van der Waals surface area contributed by atoms with Crippen LogP contribution in [0, 0.1) is 0 Å². The van der Waals surface area contributed by atoms with Crippen LogP contribution in [-0.4, -0.2) is 35.4 Å². The van der Waals surface area contributed by atoms with E-state index in [0.717, 1.165) is 17.5 Å². The second-order valence-corrected chi connectivity index (χ2v) is 5.94. The fourth-order valence-corrected chi connectivity index (χ4v) is 3.72. The van der Waals surface area contributed by atoms with E-state index in [4.69, 9.17) is 4.74 Å². The number of fused-ring (bicyclic) bond motifs is 4. The van der Waals surface area contributed by atoms with Crippen LogP contribution >= 0.6 is 0 Å². The topological polar surface area (TPSA) is 76.5 Å². The number of aryl methyl sites for hydroxylation is 1. The molecule has 1 atom stereocenters. The average molecular weight is 322 g/mol. The number of ether oxygens (including phenoxy) is 1. The van der Waals surface area contributed by atoms with E-state index in [9.17, 15) is 4.79 Å². The Morgan fingerprint density at radius 1 is 1.38 bits per heavy atom. The molecule has 1 aliphatic heterocycles. The van der Waals surface area contributed by atoms with Crippen LogP contribution < -0.4 is 10.1 Å². The number of nitrogens with one attached hydrogen (secondary N) is 1. The van der Waals surface area contributed by atoms with Gasteiger partial charge < -0.3 is 10.1 Å². The van der Waals surface area contributed by atoms with E-state index >= 15 is 0 Å². The maximum absolute atomic E-state index is 13.1. The highest BCUT2D eigenvalue weighted by Crippen LogP contribution is 2.46. The molecule has 1 unspecified atom stereocenters. The zero-order chi connectivity index (χ0) is 16.7. The molecule has 2 aromatic rings. The highest BCUT2D eigenvalue weighted by atomic mass is 16.5. The number of carbonyl (C=O) groups excluding carboxylic acids is 1. The Morgan fingerprint density at radius 3 is 3.00 bits per heavy atom. The smallest absolute Gasteiger partial charge is 0.316 e. The van der Waals surface area contributed by atoms with Gasteiger partial charge >= 0.3 is 6.01 Å². The van der Waals surface area contributed by atoms with Gasteiger partial charge in [0.1, 0.15) is 11.3 Å². The monoisotopic (exact) mass is 322 g/mol. The third-order valence-corrected chi connectivity index (χ3v) is 4.79. The minimum atomic E-state index is -0.797. The number of amidine groups is 1. The summed E-state index contributed by atoms with van der Waals surface area (Å²) in [5.41, 5.74) is 2.86. The molecule has 0 fully saturated rings. The summed E-state index contributed by atoms with van der Waals surface area (Å²) in [7, 11) is 1.65. The first-order valence-corrected chi connectivity index (χ1v) is 8.08. The highest BCUT2D eigenvalue weighted by molar-refractivity contribution is 6.16. The molecular formula is C18H18N4O2. The number of aliphatic imine (C=N–C) groups is 1. The lowest BCUT2D eigenvalue weighted by Crippen LogP contribution is -2.52. The molecule has 2 heterocycles. The highest BCUT2D eigenvalue weighted by Gasteiger charge is 2.52. The van der Waals surface area contributed by atoms with Gasteiger partial charge in [-0.05, 0) is 30.9 Å². The van der Waals surface area contributed by atoms with Gasteiger partial charge in [-0.15, -0.1) is 0 Å². The molecule has 1 spiro atoms. The summed E-state index contributed by atoms with van der Waals surface area (Å²) >= 11 is 0. The Hall–Kier alpha value is -2.76. The molecule has 4 rings (SSSR count). The van der Waals surface area contributed by atoms with Crippen molar-refractivity contribution in [2.45, 2.75) is 25.2 Å². The molecular weight excluding hydrogens is 304 g/mol. The molecule has 1 N–H and O–H groups in total. The lowest BCUT2D eigenvalue weighted by Gasteiger charge is -2.34. The van der Waals surface area contributed by atoms with Crippen molar-refractivity contribution >= 4 is 11.7 Å². The third kappa shape index (κ3) is 1.89. The van der Waals surface area contributed by atoms with Gasteiger partial charge in [-0.3, -0.25) is 9.79 Å². The zero-order valence-electron chi connectivity index (χ0n) is 13.7. The summed E-state index contributed by atoms with van der Waals surface area (Å²) in [6, 6.07) is 8.36. The summed E-state index contributed by atoms with van der Waals surface area (Å²) in [5.74, 6) is 0.426. The van der Waals surface area contributed by atoms with Crippen molar-refractivity contribution in [3.63, 3.8) is 0 Å². The van der Waals surface area contributed by atoms with E-state index in [2.05, 4.69) is 26.3 Å². The van der Waals surface area contributed by atoms with Crippen LogP contribution in [0.1, 0.15) is 35.7 Å². The minimum absolute atomic E-state index is 0.0818. The summed E-state index contributed by atoms with van der Waals surface area (Å²) in [5, 5.41) is 2.94. The number of nitrogens with zero attached hydrogens (tertiary/aromatic N) is 3. The van der Waals surface area contributed by atoms with Gasteiger partial charge in [0.05, 0.1) is 17.9 Å². The number of hydrogen-bond acceptors (Lipinski definition) is 5. The van der Waals surface area contributed by atoms with Gasteiger partial charge in [0.2, 0.25) is 5.91 Å². The number of rotatable bonds is 2. The lowest BCUT2D eigenvalue weighted by molar-refractivity contribution is -0.124. The maximum atomic E-state index is 13.1. The molecule has 0 saturated carbocycles. The Balaban J connectivity index is 2.00. The van der Waals surface area contributed by atoms with Crippen LogP contribution in [0.15, 0.2) is 35.5 Å². The van der Waals surface area contributed by atoms with Gasteiger partial charge in [-0.25, -0.2) is 4.98 Å². The second-order valence-electron chi connectivity index (χ2n) is 5.94. The Bertz CT molecular complexity index is 862. The Kier molecular flexibility index (Phi) is 3.33. The van der Waals surface area contributed by atoms with Crippen LogP contribution in [0.4, 0.5) is 0 Å². The number of benzene rings is 1. The number of aromatic nitrogens is 2. The molecule has 0 bridgehead atoms. The third-order valence-electron chi connectivity index (χ3n) is 4.79. The summed E-state index contributed by atoms with van der Waals surface area (Å²) in [6.45, 7) is 2.36. The lowest BCUT2D eigenvalue weighted by atomic mass is 9.74. The molecule has 6 heteroatoms. The van der Waals surface area contributed by atoms with Gasteiger partial charge in [0, 0.05) is 13.2 Å². The first-order valence-electron chi connectivity index (χ1n) is 8.08. The van der Waals surface area contributed by atoms with Crippen molar-refractivity contribution in [2.75, 3.05) is 13.7 Å². The van der Waals surface area contributed by atoms with Crippen molar-refractivity contribution < 1.29 is 9.53 Å². The van der Waals surface area contributed by atoms with Crippen LogP contribution in [0.25, 0.3) is 0 Å². The average Bonchev–Trinajstić information content (AvgIpc) is 2.99. The molecule has 0 saturated heterocycles. The molecule has 2 aliphatic rings. The van der Waals surface area contributed by atoms with E-state index in [-0.39, 0.29) is 5.91 Å². The van der Waals surface area contributed by atoms with Gasteiger partial charge in [-0.2, -0.15) is 4.98 Å². The summed E-state index contributed by atoms with van der Waals surface area (Å²) in [4.78, 5) is 26.1. The predicted molar refractivity (Wildman–Crippen MR) is 89.3 cm³/mol. The Labute approximate surface area is 140 Å². The van der Waals surface area contributed by atoms with Crippen molar-refractivity contribution in [1.29, 1.82) is 0 Å². The molecule has 1 aromatic carbocycles. The fourth-order valence-electron chi connectivity index (χ4n) is 3.72. The van der Waals surface area contributed by atoms with Crippen LogP contribution in [0.2, 0.25) is 0 Å². The standard InChI is InChI=1S/C18H18N4O2/c1-3-24-17-20-10-12-14(21-17)18(16(23)22-15(12)19-2)9-8-11-6-4-5-7-13(11)18/h4-7,10H,3,8-9H2,1-2H3,(H,19,22,23). The summed E-state index contributed by atoms with van der Waals surface area (Å²) in [6.07, 6.45) is 3.22. The van der Waals surface area contributed by atoms with Crippen molar-refractivity contribution in [3.8, 4) is 6.01 Å². The number of carbonyl (C=O) groups is 1.